The van der Waals surface area contributed by atoms with Gasteiger partial charge in [-0.3, -0.25) is 4.72 Å². The van der Waals surface area contributed by atoms with Gasteiger partial charge in [0.1, 0.15) is 5.82 Å². The Labute approximate surface area is 188 Å². The maximum atomic E-state index is 13.3. The van der Waals surface area contributed by atoms with Crippen LogP contribution in [0.4, 0.5) is 25.7 Å². The van der Waals surface area contributed by atoms with E-state index in [1.54, 1.807) is 30.3 Å². The highest BCUT2D eigenvalue weighted by molar-refractivity contribution is 7.93. The highest BCUT2D eigenvalue weighted by atomic mass is 32.2. The second kappa shape index (κ2) is 8.56. The van der Waals surface area contributed by atoms with E-state index in [0.717, 1.165) is 22.5 Å². The number of fused-ring (bicyclic) bond motifs is 1. The van der Waals surface area contributed by atoms with E-state index < -0.39 is 21.9 Å². The molecule has 0 aliphatic carbocycles. The zero-order valence-corrected chi connectivity index (χ0v) is 18.8. The summed E-state index contributed by atoms with van der Waals surface area (Å²) in [5.41, 5.74) is 3.18. The first-order valence-corrected chi connectivity index (χ1v) is 11.8. The predicted molar refractivity (Wildman–Crippen MR) is 125 cm³/mol. The predicted octanol–water partition coefficient (Wildman–Crippen LogP) is 5.50. The third-order valence-corrected chi connectivity index (χ3v) is 6.98. The Bertz CT molecular complexity index is 1420. The topological polar surface area (TPSA) is 100 Å². The molecule has 0 aliphatic heterocycles. The van der Waals surface area contributed by atoms with Gasteiger partial charge in [-0.25, -0.2) is 22.6 Å². The van der Waals surface area contributed by atoms with Gasteiger partial charge in [0, 0.05) is 11.4 Å². The quantitative estimate of drug-likeness (QED) is 0.359. The third-order valence-electron chi connectivity index (χ3n) is 4.58. The average Bonchev–Trinajstić information content (AvgIpc) is 3.10. The molecule has 3 N–H and O–H groups in total. The Morgan fingerprint density at radius 3 is 2.41 bits per heavy atom. The fourth-order valence-electron chi connectivity index (χ4n) is 3.06. The molecule has 3 aromatic carbocycles. The maximum Gasteiger partial charge on any atom is 0.323 e. The van der Waals surface area contributed by atoms with Gasteiger partial charge in [-0.2, -0.15) is 0 Å². The number of thiazole rings is 1. The van der Waals surface area contributed by atoms with Crippen LogP contribution >= 0.6 is 11.3 Å². The maximum absolute atomic E-state index is 13.3. The molecule has 1 heterocycles. The van der Waals surface area contributed by atoms with Crippen molar-refractivity contribution in [2.24, 2.45) is 0 Å². The summed E-state index contributed by atoms with van der Waals surface area (Å²) in [4.78, 5) is 16.8. The Hall–Kier alpha value is -3.50. The van der Waals surface area contributed by atoms with Crippen LogP contribution in [0.3, 0.4) is 0 Å². The van der Waals surface area contributed by atoms with Crippen LogP contribution in [0.2, 0.25) is 0 Å². The van der Waals surface area contributed by atoms with Crippen LogP contribution in [-0.4, -0.2) is 19.4 Å². The molecular formula is C22H19FN4O3S2. The SMILES string of the molecule is Cc1ccc(S(=O)(=O)Nc2nc3c(C)cc(NC(=O)Nc4cccc(F)c4)cc3s2)cc1. The van der Waals surface area contributed by atoms with E-state index in [-0.39, 0.29) is 10.0 Å². The zero-order valence-electron chi connectivity index (χ0n) is 17.1. The lowest BCUT2D eigenvalue weighted by Gasteiger charge is -2.08. The fourth-order valence-corrected chi connectivity index (χ4v) is 5.28. The summed E-state index contributed by atoms with van der Waals surface area (Å²) in [5, 5.41) is 5.49. The molecule has 32 heavy (non-hydrogen) atoms. The normalized spacial score (nSPS) is 11.3. The number of rotatable bonds is 5. The van der Waals surface area contributed by atoms with Gasteiger partial charge in [0.05, 0.1) is 15.1 Å². The second-order valence-corrected chi connectivity index (χ2v) is 9.88. The van der Waals surface area contributed by atoms with E-state index in [0.29, 0.717) is 21.6 Å². The highest BCUT2D eigenvalue weighted by Gasteiger charge is 2.17. The standard InChI is InChI=1S/C22H19FN4O3S2/c1-13-6-8-18(9-7-13)32(29,30)27-22-26-20-14(2)10-17(12-19(20)31-22)25-21(28)24-16-5-3-4-15(23)11-16/h3-12H,1-2H3,(H,26,27)(H2,24,25,28). The number of aryl methyl sites for hydroxylation is 2. The molecule has 0 radical (unpaired) electrons. The van der Waals surface area contributed by atoms with Crippen LogP contribution in [0.1, 0.15) is 11.1 Å². The summed E-state index contributed by atoms with van der Waals surface area (Å²) in [6.45, 7) is 3.69. The van der Waals surface area contributed by atoms with Gasteiger partial charge >= 0.3 is 6.03 Å². The van der Waals surface area contributed by atoms with Crippen molar-refractivity contribution in [3.05, 3.63) is 77.6 Å². The third kappa shape index (κ3) is 4.87. The Morgan fingerprint density at radius 1 is 0.969 bits per heavy atom. The zero-order chi connectivity index (χ0) is 22.9. The van der Waals surface area contributed by atoms with Crippen molar-refractivity contribution in [2.75, 3.05) is 15.4 Å². The number of halogens is 1. The lowest BCUT2D eigenvalue weighted by molar-refractivity contribution is 0.262. The number of sulfonamides is 1. The molecule has 0 saturated heterocycles. The van der Waals surface area contributed by atoms with Crippen LogP contribution in [0, 0.1) is 19.7 Å². The lowest BCUT2D eigenvalue weighted by Crippen LogP contribution is -2.19. The molecule has 0 fully saturated rings. The molecule has 1 aromatic heterocycles. The van der Waals surface area contributed by atoms with Gasteiger partial charge in [0.25, 0.3) is 10.0 Å². The summed E-state index contributed by atoms with van der Waals surface area (Å²) in [7, 11) is -3.77. The van der Waals surface area contributed by atoms with E-state index in [1.807, 2.05) is 13.8 Å². The smallest absolute Gasteiger partial charge is 0.308 e. The molecule has 4 aromatic rings. The monoisotopic (exact) mass is 470 g/mol. The number of carbonyl (C=O) groups excluding carboxylic acids is 1. The largest absolute Gasteiger partial charge is 0.323 e. The fraction of sp³-hybridized carbons (Fsp3) is 0.0909. The summed E-state index contributed by atoms with van der Waals surface area (Å²) in [5.74, 6) is -0.453. The number of carbonyl (C=O) groups is 1. The molecule has 0 atom stereocenters. The minimum Gasteiger partial charge on any atom is -0.308 e. The summed E-state index contributed by atoms with van der Waals surface area (Å²) in [6, 6.07) is 15.0. The number of anilines is 3. The van der Waals surface area contributed by atoms with E-state index in [1.165, 1.54) is 30.3 Å². The number of benzene rings is 3. The van der Waals surface area contributed by atoms with Crippen LogP contribution < -0.4 is 15.4 Å². The van der Waals surface area contributed by atoms with Crippen molar-refractivity contribution in [3.63, 3.8) is 0 Å². The number of hydrogen-bond donors (Lipinski definition) is 3. The molecule has 7 nitrogen and oxygen atoms in total. The van der Waals surface area contributed by atoms with Crippen LogP contribution in [-0.2, 0) is 10.0 Å². The Morgan fingerprint density at radius 2 is 1.69 bits per heavy atom. The van der Waals surface area contributed by atoms with Crippen LogP contribution in [0.5, 0.6) is 0 Å². The number of hydrogen-bond acceptors (Lipinski definition) is 5. The van der Waals surface area contributed by atoms with Crippen molar-refractivity contribution in [2.45, 2.75) is 18.7 Å². The summed E-state index contributed by atoms with van der Waals surface area (Å²) >= 11 is 1.16. The van der Waals surface area contributed by atoms with Crippen LogP contribution in [0.25, 0.3) is 10.2 Å². The van der Waals surface area contributed by atoms with Crippen molar-refractivity contribution < 1.29 is 17.6 Å². The first kappa shape index (κ1) is 21.7. The van der Waals surface area contributed by atoms with Crippen molar-refractivity contribution in [1.82, 2.24) is 4.98 Å². The van der Waals surface area contributed by atoms with Gasteiger partial charge in [0.2, 0.25) is 0 Å². The van der Waals surface area contributed by atoms with E-state index in [9.17, 15) is 17.6 Å². The number of amides is 2. The van der Waals surface area contributed by atoms with Crippen molar-refractivity contribution >= 4 is 54.1 Å². The molecule has 2 amide bonds. The summed E-state index contributed by atoms with van der Waals surface area (Å²) in [6.07, 6.45) is 0. The second-order valence-electron chi connectivity index (χ2n) is 7.17. The van der Waals surface area contributed by atoms with E-state index in [2.05, 4.69) is 20.3 Å². The molecule has 0 bridgehead atoms. The molecule has 10 heteroatoms. The highest BCUT2D eigenvalue weighted by Crippen LogP contribution is 2.32. The molecule has 0 unspecified atom stereocenters. The lowest BCUT2D eigenvalue weighted by atomic mass is 10.2. The first-order valence-electron chi connectivity index (χ1n) is 9.54. The minimum absolute atomic E-state index is 0.149. The van der Waals surface area contributed by atoms with Crippen molar-refractivity contribution in [3.8, 4) is 0 Å². The van der Waals surface area contributed by atoms with Gasteiger partial charge in [-0.15, -0.1) is 0 Å². The number of nitrogens with one attached hydrogen (secondary N) is 3. The molecule has 4 rings (SSSR count). The van der Waals surface area contributed by atoms with Gasteiger partial charge in [-0.1, -0.05) is 35.1 Å². The number of urea groups is 1. The summed E-state index contributed by atoms with van der Waals surface area (Å²) < 4.78 is 41.8. The van der Waals surface area contributed by atoms with Gasteiger partial charge < -0.3 is 10.6 Å². The van der Waals surface area contributed by atoms with E-state index in [4.69, 9.17) is 0 Å². The molecule has 0 saturated carbocycles. The molecule has 0 spiro atoms. The average molecular weight is 471 g/mol. The number of nitrogens with zero attached hydrogens (tertiary/aromatic N) is 1. The van der Waals surface area contributed by atoms with Gasteiger partial charge in [-0.05, 0) is 61.9 Å². The Kier molecular flexibility index (Phi) is 5.81. The van der Waals surface area contributed by atoms with Crippen LogP contribution in [0.15, 0.2) is 65.6 Å². The first-order chi connectivity index (χ1) is 15.2. The molecular weight excluding hydrogens is 451 g/mol. The van der Waals surface area contributed by atoms with Crippen molar-refractivity contribution in [1.29, 1.82) is 0 Å². The Balaban J connectivity index is 1.54. The number of aromatic nitrogens is 1. The minimum atomic E-state index is -3.77. The van der Waals surface area contributed by atoms with E-state index >= 15 is 0 Å². The molecule has 0 aliphatic rings. The van der Waals surface area contributed by atoms with Gasteiger partial charge in [0.15, 0.2) is 5.13 Å². The molecule has 164 valence electrons.